The SMILES string of the molecule is CN(C)c1ccc(C2C=CC(C#N)=C(c3ccccc3)N2C2CCCCC2)cc1. The van der Waals surface area contributed by atoms with Crippen molar-refractivity contribution < 1.29 is 0 Å². The summed E-state index contributed by atoms with van der Waals surface area (Å²) >= 11 is 0. The molecule has 0 amide bonds. The van der Waals surface area contributed by atoms with Gasteiger partial charge in [0.2, 0.25) is 0 Å². The monoisotopic (exact) mass is 383 g/mol. The van der Waals surface area contributed by atoms with Gasteiger partial charge in [0.05, 0.1) is 17.3 Å². The van der Waals surface area contributed by atoms with E-state index in [2.05, 4.69) is 84.6 Å². The molecule has 2 aliphatic rings. The normalized spacial score (nSPS) is 19.9. The maximum absolute atomic E-state index is 9.90. The minimum atomic E-state index is 0.154. The molecule has 1 saturated carbocycles. The number of benzene rings is 2. The molecule has 3 nitrogen and oxygen atoms in total. The molecule has 0 saturated heterocycles. The first-order chi connectivity index (χ1) is 14.2. The van der Waals surface area contributed by atoms with Gasteiger partial charge >= 0.3 is 0 Å². The highest BCUT2D eigenvalue weighted by Crippen LogP contribution is 2.42. The summed E-state index contributed by atoms with van der Waals surface area (Å²) in [5, 5.41) is 9.90. The van der Waals surface area contributed by atoms with Crippen molar-refractivity contribution >= 4 is 11.4 Å². The molecule has 1 unspecified atom stereocenters. The van der Waals surface area contributed by atoms with Gasteiger partial charge in [-0.1, -0.05) is 67.8 Å². The van der Waals surface area contributed by atoms with Crippen LogP contribution in [-0.4, -0.2) is 25.0 Å². The Morgan fingerprint density at radius 3 is 2.24 bits per heavy atom. The molecule has 1 heterocycles. The summed E-state index contributed by atoms with van der Waals surface area (Å²) in [6.45, 7) is 0. The van der Waals surface area contributed by atoms with Crippen LogP contribution in [0.4, 0.5) is 5.69 Å². The van der Waals surface area contributed by atoms with Crippen LogP contribution in [0.25, 0.3) is 5.70 Å². The van der Waals surface area contributed by atoms with Gasteiger partial charge in [-0.2, -0.15) is 5.26 Å². The van der Waals surface area contributed by atoms with Crippen LogP contribution >= 0.6 is 0 Å². The van der Waals surface area contributed by atoms with Crippen molar-refractivity contribution in [3.05, 3.63) is 83.4 Å². The number of allylic oxidation sites excluding steroid dienone is 2. The van der Waals surface area contributed by atoms with Gasteiger partial charge in [-0.25, -0.2) is 0 Å². The van der Waals surface area contributed by atoms with Crippen LogP contribution in [0.5, 0.6) is 0 Å². The lowest BCUT2D eigenvalue weighted by atomic mass is 9.87. The minimum absolute atomic E-state index is 0.154. The fraction of sp³-hybridized carbons (Fsp3) is 0.346. The minimum Gasteiger partial charge on any atom is -0.378 e. The Morgan fingerprint density at radius 2 is 1.62 bits per heavy atom. The number of hydrogen-bond acceptors (Lipinski definition) is 3. The van der Waals surface area contributed by atoms with Crippen molar-refractivity contribution in [1.82, 2.24) is 4.90 Å². The van der Waals surface area contributed by atoms with Crippen LogP contribution in [0, 0.1) is 11.3 Å². The molecular formula is C26H29N3. The average Bonchev–Trinajstić information content (AvgIpc) is 2.79. The molecule has 0 radical (unpaired) electrons. The third-order valence-electron chi connectivity index (χ3n) is 6.14. The first kappa shape index (κ1) is 19.3. The van der Waals surface area contributed by atoms with Crippen LogP contribution in [0.3, 0.4) is 0 Å². The molecule has 0 aromatic heterocycles. The highest BCUT2D eigenvalue weighted by atomic mass is 15.2. The maximum atomic E-state index is 9.90. The highest BCUT2D eigenvalue weighted by Gasteiger charge is 2.33. The van der Waals surface area contributed by atoms with Gasteiger partial charge in [0, 0.05) is 25.8 Å². The highest BCUT2D eigenvalue weighted by molar-refractivity contribution is 5.75. The predicted molar refractivity (Wildman–Crippen MR) is 120 cm³/mol. The molecule has 29 heavy (non-hydrogen) atoms. The van der Waals surface area contributed by atoms with Gasteiger partial charge in [0.25, 0.3) is 0 Å². The van der Waals surface area contributed by atoms with Crippen molar-refractivity contribution in [3.63, 3.8) is 0 Å². The zero-order chi connectivity index (χ0) is 20.2. The summed E-state index contributed by atoms with van der Waals surface area (Å²) in [6.07, 6.45) is 10.5. The molecule has 1 fully saturated rings. The third kappa shape index (κ3) is 3.93. The van der Waals surface area contributed by atoms with Crippen LogP contribution < -0.4 is 4.90 Å². The zero-order valence-corrected chi connectivity index (χ0v) is 17.4. The second-order valence-corrected chi connectivity index (χ2v) is 8.23. The fourth-order valence-electron chi connectivity index (χ4n) is 4.64. The Labute approximate surface area is 174 Å². The smallest absolute Gasteiger partial charge is 0.101 e. The van der Waals surface area contributed by atoms with Crippen LogP contribution in [0.1, 0.15) is 49.3 Å². The van der Waals surface area contributed by atoms with E-state index < -0.39 is 0 Å². The number of hydrogen-bond donors (Lipinski definition) is 0. The molecule has 2 aromatic rings. The first-order valence-corrected chi connectivity index (χ1v) is 10.6. The maximum Gasteiger partial charge on any atom is 0.101 e. The first-order valence-electron chi connectivity index (χ1n) is 10.6. The molecule has 2 aromatic carbocycles. The van der Waals surface area contributed by atoms with Gasteiger partial charge in [0.15, 0.2) is 0 Å². The van der Waals surface area contributed by atoms with Crippen molar-refractivity contribution in [2.75, 3.05) is 19.0 Å². The summed E-state index contributed by atoms with van der Waals surface area (Å²) in [6, 6.07) is 22.4. The Bertz CT molecular complexity index is 926. The van der Waals surface area contributed by atoms with E-state index in [1.807, 2.05) is 12.1 Å². The van der Waals surface area contributed by atoms with E-state index in [9.17, 15) is 5.26 Å². The zero-order valence-electron chi connectivity index (χ0n) is 17.4. The molecule has 4 rings (SSSR count). The Hall–Kier alpha value is -2.99. The molecule has 148 valence electrons. The van der Waals surface area contributed by atoms with E-state index in [4.69, 9.17) is 0 Å². The van der Waals surface area contributed by atoms with Gasteiger partial charge in [-0.3, -0.25) is 0 Å². The Morgan fingerprint density at radius 1 is 0.931 bits per heavy atom. The Kier molecular flexibility index (Phi) is 5.71. The second-order valence-electron chi connectivity index (χ2n) is 8.23. The lowest BCUT2D eigenvalue weighted by Crippen LogP contribution is -2.39. The number of nitrogens with zero attached hydrogens (tertiary/aromatic N) is 3. The van der Waals surface area contributed by atoms with E-state index in [1.165, 1.54) is 43.4 Å². The van der Waals surface area contributed by atoms with Gasteiger partial charge in [-0.05, 0) is 42.2 Å². The van der Waals surface area contributed by atoms with Crippen molar-refractivity contribution in [2.24, 2.45) is 0 Å². The van der Waals surface area contributed by atoms with Crippen LogP contribution in [0.2, 0.25) is 0 Å². The van der Waals surface area contributed by atoms with Gasteiger partial charge in [-0.15, -0.1) is 0 Å². The lowest BCUT2D eigenvalue weighted by Gasteiger charge is -2.44. The molecule has 0 spiro atoms. The number of anilines is 1. The van der Waals surface area contributed by atoms with Gasteiger partial charge < -0.3 is 9.80 Å². The molecule has 1 aliphatic carbocycles. The summed E-state index contributed by atoms with van der Waals surface area (Å²) in [7, 11) is 4.14. The topological polar surface area (TPSA) is 30.3 Å². The van der Waals surface area contributed by atoms with Gasteiger partial charge in [0.1, 0.15) is 6.07 Å². The molecule has 1 aliphatic heterocycles. The lowest BCUT2D eigenvalue weighted by molar-refractivity contribution is 0.198. The van der Waals surface area contributed by atoms with Crippen LogP contribution in [-0.2, 0) is 0 Å². The van der Waals surface area contributed by atoms with Crippen molar-refractivity contribution in [1.29, 1.82) is 5.26 Å². The van der Waals surface area contributed by atoms with Crippen molar-refractivity contribution in [3.8, 4) is 6.07 Å². The third-order valence-corrected chi connectivity index (χ3v) is 6.14. The molecule has 0 N–H and O–H groups in total. The molecule has 1 atom stereocenters. The molecule has 3 heteroatoms. The number of nitriles is 1. The summed E-state index contributed by atoms with van der Waals surface area (Å²) in [5.74, 6) is 0. The fourth-order valence-corrected chi connectivity index (χ4v) is 4.64. The Balaban J connectivity index is 1.80. The quantitative estimate of drug-likeness (QED) is 0.655. The predicted octanol–water partition coefficient (Wildman–Crippen LogP) is 5.93. The molecule has 0 bridgehead atoms. The summed E-state index contributed by atoms with van der Waals surface area (Å²) in [4.78, 5) is 4.67. The second kappa shape index (κ2) is 8.57. The van der Waals surface area contributed by atoms with E-state index in [0.29, 0.717) is 6.04 Å². The summed E-state index contributed by atoms with van der Waals surface area (Å²) < 4.78 is 0. The van der Waals surface area contributed by atoms with E-state index in [1.54, 1.807) is 0 Å². The average molecular weight is 384 g/mol. The van der Waals surface area contributed by atoms with E-state index >= 15 is 0 Å². The molecular weight excluding hydrogens is 354 g/mol. The largest absolute Gasteiger partial charge is 0.378 e. The summed E-state index contributed by atoms with van der Waals surface area (Å²) in [5.41, 5.74) is 5.47. The van der Waals surface area contributed by atoms with Crippen molar-refractivity contribution in [2.45, 2.75) is 44.2 Å². The van der Waals surface area contributed by atoms with E-state index in [-0.39, 0.29) is 6.04 Å². The number of rotatable bonds is 4. The van der Waals surface area contributed by atoms with E-state index in [0.717, 1.165) is 16.8 Å². The van der Waals surface area contributed by atoms with Crippen LogP contribution in [0.15, 0.2) is 72.3 Å². The standard InChI is InChI=1S/C26H29N3/c1-28(2)23-16-13-20(14-17-23)25-18-15-22(19-27)26(21-9-5-3-6-10-21)29(25)24-11-7-4-8-12-24/h3,5-6,9-10,13-18,24-25H,4,7-8,11-12H2,1-2H3.